The third kappa shape index (κ3) is 2.94. The van der Waals surface area contributed by atoms with E-state index in [1.54, 1.807) is 12.1 Å². The molecular formula is C16H21FN2O2. The van der Waals surface area contributed by atoms with Crippen molar-refractivity contribution in [2.24, 2.45) is 0 Å². The summed E-state index contributed by atoms with van der Waals surface area (Å²) in [4.78, 5) is 16.9. The van der Waals surface area contributed by atoms with Crippen LogP contribution in [-0.2, 0) is 4.74 Å². The molecule has 1 amide bonds. The molecule has 0 bridgehead atoms. The van der Waals surface area contributed by atoms with Gasteiger partial charge < -0.3 is 14.5 Å². The number of carbonyl (C=O) groups is 1. The second kappa shape index (κ2) is 6.12. The van der Waals surface area contributed by atoms with Crippen LogP contribution in [0.1, 0.15) is 23.7 Å². The Hall–Kier alpha value is -1.46. The molecule has 2 fully saturated rings. The Morgan fingerprint density at radius 1 is 1.33 bits per heavy atom. The molecule has 0 aliphatic carbocycles. The van der Waals surface area contributed by atoms with E-state index in [2.05, 4.69) is 11.8 Å². The van der Waals surface area contributed by atoms with Crippen molar-refractivity contribution in [1.29, 1.82) is 0 Å². The van der Waals surface area contributed by atoms with E-state index >= 15 is 0 Å². The summed E-state index contributed by atoms with van der Waals surface area (Å²) in [6.45, 7) is 6.22. The minimum atomic E-state index is -0.317. The molecule has 0 unspecified atom stereocenters. The monoisotopic (exact) mass is 292 g/mol. The smallest absolute Gasteiger partial charge is 0.254 e. The lowest BCUT2D eigenvalue weighted by Crippen LogP contribution is -2.60. The van der Waals surface area contributed by atoms with Crippen LogP contribution in [-0.4, -0.2) is 60.6 Å². The van der Waals surface area contributed by atoms with Crippen molar-refractivity contribution < 1.29 is 13.9 Å². The van der Waals surface area contributed by atoms with Crippen molar-refractivity contribution >= 4 is 5.91 Å². The molecule has 4 nitrogen and oxygen atoms in total. The Morgan fingerprint density at radius 2 is 2.10 bits per heavy atom. The van der Waals surface area contributed by atoms with Crippen molar-refractivity contribution in [3.63, 3.8) is 0 Å². The molecule has 2 aliphatic heterocycles. The van der Waals surface area contributed by atoms with Gasteiger partial charge in [-0.3, -0.25) is 4.79 Å². The first-order valence-electron chi connectivity index (χ1n) is 7.59. The molecular weight excluding hydrogens is 271 g/mol. The molecule has 21 heavy (non-hydrogen) atoms. The average Bonchev–Trinajstić information content (AvgIpc) is 2.53. The van der Waals surface area contributed by atoms with Gasteiger partial charge in [0.2, 0.25) is 0 Å². The Labute approximate surface area is 124 Å². The van der Waals surface area contributed by atoms with Crippen LogP contribution < -0.4 is 0 Å². The van der Waals surface area contributed by atoms with Crippen LogP contribution in [0, 0.1) is 5.82 Å². The fraction of sp³-hybridized carbons (Fsp3) is 0.562. The molecule has 0 aromatic heterocycles. The van der Waals surface area contributed by atoms with Crippen LogP contribution in [0.4, 0.5) is 4.39 Å². The highest BCUT2D eigenvalue weighted by Crippen LogP contribution is 2.24. The van der Waals surface area contributed by atoms with Crippen LogP contribution in [0.2, 0.25) is 0 Å². The molecule has 5 heteroatoms. The second-order valence-electron chi connectivity index (χ2n) is 5.66. The number of ether oxygens (including phenoxy) is 1. The number of carbonyl (C=O) groups excluding carboxylic acids is 1. The number of rotatable bonds is 2. The number of benzene rings is 1. The Kier molecular flexibility index (Phi) is 4.22. The first-order chi connectivity index (χ1) is 10.2. The molecule has 0 spiro atoms. The molecule has 3 rings (SSSR count). The van der Waals surface area contributed by atoms with E-state index in [0.29, 0.717) is 18.7 Å². The van der Waals surface area contributed by atoms with Gasteiger partial charge in [-0.05, 0) is 37.2 Å². The van der Waals surface area contributed by atoms with Crippen molar-refractivity contribution in [2.45, 2.75) is 25.5 Å². The first kappa shape index (κ1) is 14.5. The lowest BCUT2D eigenvalue weighted by molar-refractivity contribution is -0.0912. The van der Waals surface area contributed by atoms with Crippen molar-refractivity contribution in [2.75, 3.05) is 32.8 Å². The van der Waals surface area contributed by atoms with Gasteiger partial charge in [0, 0.05) is 25.2 Å². The maximum Gasteiger partial charge on any atom is 0.254 e. The second-order valence-corrected chi connectivity index (χ2v) is 5.66. The van der Waals surface area contributed by atoms with Gasteiger partial charge in [-0.2, -0.15) is 0 Å². The summed E-state index contributed by atoms with van der Waals surface area (Å²) in [6.07, 6.45) is 1.03. The van der Waals surface area contributed by atoms with Gasteiger partial charge in [-0.25, -0.2) is 4.39 Å². The van der Waals surface area contributed by atoms with E-state index < -0.39 is 0 Å². The van der Waals surface area contributed by atoms with E-state index in [0.717, 1.165) is 26.1 Å². The summed E-state index contributed by atoms with van der Waals surface area (Å²) in [5.74, 6) is -0.332. The maximum atomic E-state index is 13.0. The fourth-order valence-electron chi connectivity index (χ4n) is 3.25. The minimum absolute atomic E-state index is 0.0155. The van der Waals surface area contributed by atoms with E-state index in [1.807, 2.05) is 4.90 Å². The number of piperidine rings is 1. The van der Waals surface area contributed by atoms with Crippen LogP contribution in [0.3, 0.4) is 0 Å². The highest BCUT2D eigenvalue weighted by Gasteiger charge is 2.38. The number of halogens is 1. The van der Waals surface area contributed by atoms with Crippen molar-refractivity contribution in [1.82, 2.24) is 9.80 Å². The summed E-state index contributed by atoms with van der Waals surface area (Å²) in [5.41, 5.74) is 0.551. The predicted molar refractivity (Wildman–Crippen MR) is 77.7 cm³/mol. The van der Waals surface area contributed by atoms with Crippen LogP contribution in [0.15, 0.2) is 24.3 Å². The van der Waals surface area contributed by atoms with Crippen LogP contribution in [0.25, 0.3) is 0 Å². The van der Waals surface area contributed by atoms with E-state index in [-0.39, 0.29) is 23.9 Å². The normalized spacial score (nSPS) is 26.5. The van der Waals surface area contributed by atoms with Gasteiger partial charge >= 0.3 is 0 Å². The predicted octanol–water partition coefficient (Wildman–Crippen LogP) is 1.76. The van der Waals surface area contributed by atoms with Crippen LogP contribution >= 0.6 is 0 Å². The van der Waals surface area contributed by atoms with E-state index in [9.17, 15) is 9.18 Å². The number of morpholine rings is 1. The number of fused-ring (bicyclic) bond motifs is 1. The summed E-state index contributed by atoms with van der Waals surface area (Å²) < 4.78 is 18.8. The van der Waals surface area contributed by atoms with Gasteiger partial charge in [0.1, 0.15) is 5.82 Å². The first-order valence-corrected chi connectivity index (χ1v) is 7.59. The molecule has 114 valence electrons. The van der Waals surface area contributed by atoms with E-state index in [4.69, 9.17) is 4.74 Å². The summed E-state index contributed by atoms with van der Waals surface area (Å²) in [5, 5.41) is 0. The number of nitrogens with zero attached hydrogens (tertiary/aromatic N) is 2. The molecule has 2 saturated heterocycles. The van der Waals surface area contributed by atoms with Gasteiger partial charge in [-0.1, -0.05) is 6.92 Å². The minimum Gasteiger partial charge on any atom is -0.373 e. The number of likely N-dealkylation sites (N-methyl/N-ethyl adjacent to an activating group) is 1. The summed E-state index contributed by atoms with van der Waals surface area (Å²) >= 11 is 0. The number of likely N-dealkylation sites (tertiary alicyclic amines) is 1. The van der Waals surface area contributed by atoms with Gasteiger partial charge in [0.05, 0.1) is 18.8 Å². The lowest BCUT2D eigenvalue weighted by atomic mass is 9.97. The number of hydrogen-bond donors (Lipinski definition) is 0. The highest BCUT2D eigenvalue weighted by atomic mass is 19.1. The zero-order chi connectivity index (χ0) is 14.8. The third-order valence-electron chi connectivity index (χ3n) is 4.47. The Morgan fingerprint density at radius 3 is 2.81 bits per heavy atom. The standard InChI is InChI=1S/C16H21FN2O2/c1-2-18-8-7-14-15(11-18)21-10-9-19(14)16(20)12-3-5-13(17)6-4-12/h3-6,14-15H,2,7-11H2,1H3/t14-,15-/m0/s1. The average molecular weight is 292 g/mol. The largest absolute Gasteiger partial charge is 0.373 e. The quantitative estimate of drug-likeness (QED) is 0.833. The number of amides is 1. The summed E-state index contributed by atoms with van der Waals surface area (Å²) in [6, 6.07) is 5.93. The molecule has 2 heterocycles. The maximum absolute atomic E-state index is 13.0. The molecule has 1 aromatic carbocycles. The molecule has 0 saturated carbocycles. The topological polar surface area (TPSA) is 32.8 Å². The summed E-state index contributed by atoms with van der Waals surface area (Å²) in [7, 11) is 0. The molecule has 2 atom stereocenters. The zero-order valence-electron chi connectivity index (χ0n) is 12.3. The lowest BCUT2D eigenvalue weighted by Gasteiger charge is -2.46. The molecule has 0 N–H and O–H groups in total. The van der Waals surface area contributed by atoms with Gasteiger partial charge in [-0.15, -0.1) is 0 Å². The Balaban J connectivity index is 1.75. The zero-order valence-corrected chi connectivity index (χ0v) is 12.3. The third-order valence-corrected chi connectivity index (χ3v) is 4.47. The molecule has 1 aromatic rings. The van der Waals surface area contributed by atoms with E-state index in [1.165, 1.54) is 12.1 Å². The molecule has 0 radical (unpaired) electrons. The Bertz CT molecular complexity index is 506. The van der Waals surface area contributed by atoms with Gasteiger partial charge in [0.25, 0.3) is 5.91 Å². The SMILES string of the molecule is CCN1CC[C@H]2[C@H](C1)OCCN2C(=O)c1ccc(F)cc1. The van der Waals surface area contributed by atoms with Gasteiger partial charge in [0.15, 0.2) is 0 Å². The number of hydrogen-bond acceptors (Lipinski definition) is 3. The molecule has 2 aliphatic rings. The van der Waals surface area contributed by atoms with Crippen molar-refractivity contribution in [3.8, 4) is 0 Å². The fourth-order valence-corrected chi connectivity index (χ4v) is 3.25. The van der Waals surface area contributed by atoms with Crippen LogP contribution in [0.5, 0.6) is 0 Å². The highest BCUT2D eigenvalue weighted by molar-refractivity contribution is 5.94. The van der Waals surface area contributed by atoms with Crippen molar-refractivity contribution in [3.05, 3.63) is 35.6 Å².